The fraction of sp³-hybridized carbons (Fsp3) is 0.750. The van der Waals surface area contributed by atoms with Crippen molar-refractivity contribution in [3.05, 3.63) is 11.8 Å². The number of aromatic nitrogens is 2. The highest BCUT2D eigenvalue weighted by Gasteiger charge is 2.30. The van der Waals surface area contributed by atoms with Crippen molar-refractivity contribution in [2.75, 3.05) is 13.1 Å². The number of sulfonamides is 1. The summed E-state index contributed by atoms with van der Waals surface area (Å²) in [6.45, 7) is 2.91. The van der Waals surface area contributed by atoms with Crippen molar-refractivity contribution in [2.45, 2.75) is 44.2 Å². The molecule has 0 radical (unpaired) electrons. The molecule has 0 spiro atoms. The number of H-pyrrole nitrogens is 1. The molecule has 0 saturated carbocycles. The van der Waals surface area contributed by atoms with E-state index in [1.807, 2.05) is 0 Å². The van der Waals surface area contributed by atoms with Crippen LogP contribution in [0.1, 0.15) is 38.2 Å². The smallest absolute Gasteiger partial charge is 0.260 e. The lowest BCUT2D eigenvalue weighted by Gasteiger charge is -2.19. The van der Waals surface area contributed by atoms with Crippen LogP contribution in [0.15, 0.2) is 11.2 Å². The van der Waals surface area contributed by atoms with Gasteiger partial charge in [0, 0.05) is 18.7 Å². The molecule has 108 valence electrons. The van der Waals surface area contributed by atoms with E-state index in [2.05, 4.69) is 17.1 Å². The molecule has 19 heavy (non-hydrogen) atoms. The number of aromatic amines is 1. The molecule has 0 aromatic carbocycles. The minimum atomic E-state index is -3.56. The SMILES string of the molecule is CCC1CCCN(S(=O)(=O)c2[nH]ncc2CO)CC1. The molecular weight excluding hydrogens is 266 g/mol. The highest BCUT2D eigenvalue weighted by Crippen LogP contribution is 2.25. The number of nitrogens with zero attached hydrogens (tertiary/aromatic N) is 2. The average Bonchev–Trinajstić information content (AvgIpc) is 2.76. The van der Waals surface area contributed by atoms with Crippen LogP contribution >= 0.6 is 0 Å². The Morgan fingerprint density at radius 2 is 2.26 bits per heavy atom. The van der Waals surface area contributed by atoms with E-state index in [1.165, 1.54) is 10.5 Å². The Hall–Kier alpha value is -0.920. The van der Waals surface area contributed by atoms with Crippen molar-refractivity contribution in [3.8, 4) is 0 Å². The van der Waals surface area contributed by atoms with E-state index in [-0.39, 0.29) is 11.6 Å². The van der Waals surface area contributed by atoms with Crippen LogP contribution in [0.4, 0.5) is 0 Å². The summed E-state index contributed by atoms with van der Waals surface area (Å²) in [7, 11) is -3.56. The number of rotatable bonds is 4. The van der Waals surface area contributed by atoms with Gasteiger partial charge in [0.1, 0.15) is 0 Å². The van der Waals surface area contributed by atoms with Gasteiger partial charge in [-0.25, -0.2) is 8.42 Å². The van der Waals surface area contributed by atoms with Gasteiger partial charge in [-0.2, -0.15) is 9.40 Å². The van der Waals surface area contributed by atoms with Crippen LogP contribution < -0.4 is 0 Å². The highest BCUT2D eigenvalue weighted by molar-refractivity contribution is 7.89. The van der Waals surface area contributed by atoms with Gasteiger partial charge < -0.3 is 5.11 Å². The van der Waals surface area contributed by atoms with Gasteiger partial charge in [-0.1, -0.05) is 13.3 Å². The molecule has 1 fully saturated rings. The topological polar surface area (TPSA) is 86.3 Å². The van der Waals surface area contributed by atoms with Crippen LogP contribution in [-0.4, -0.2) is 41.1 Å². The maximum atomic E-state index is 12.5. The summed E-state index contributed by atoms with van der Waals surface area (Å²) in [5, 5.41) is 15.4. The zero-order chi connectivity index (χ0) is 13.9. The Kier molecular flexibility index (Phi) is 4.59. The van der Waals surface area contributed by atoms with Gasteiger partial charge in [-0.15, -0.1) is 0 Å². The molecule has 0 aliphatic carbocycles. The van der Waals surface area contributed by atoms with E-state index in [0.29, 0.717) is 24.6 Å². The monoisotopic (exact) mass is 287 g/mol. The molecule has 7 heteroatoms. The number of hydrogen-bond acceptors (Lipinski definition) is 4. The maximum Gasteiger partial charge on any atom is 0.260 e. The summed E-state index contributed by atoms with van der Waals surface area (Å²) in [6.07, 6.45) is 5.33. The largest absolute Gasteiger partial charge is 0.392 e. The first-order valence-corrected chi connectivity index (χ1v) is 8.16. The molecule has 2 heterocycles. The lowest BCUT2D eigenvalue weighted by Crippen LogP contribution is -2.33. The Bertz CT molecular complexity index is 512. The van der Waals surface area contributed by atoms with Crippen LogP contribution in [0.5, 0.6) is 0 Å². The summed E-state index contributed by atoms with van der Waals surface area (Å²) in [5.41, 5.74) is 0.330. The van der Waals surface area contributed by atoms with Crippen molar-refractivity contribution in [1.82, 2.24) is 14.5 Å². The minimum absolute atomic E-state index is 0.0324. The normalized spacial score (nSPS) is 22.3. The van der Waals surface area contributed by atoms with E-state index in [1.54, 1.807) is 0 Å². The van der Waals surface area contributed by atoms with Gasteiger partial charge in [0.25, 0.3) is 10.0 Å². The van der Waals surface area contributed by atoms with Crippen molar-refractivity contribution in [2.24, 2.45) is 5.92 Å². The second-order valence-electron chi connectivity index (χ2n) is 4.99. The molecule has 6 nitrogen and oxygen atoms in total. The summed E-state index contributed by atoms with van der Waals surface area (Å²) < 4.78 is 26.5. The van der Waals surface area contributed by atoms with Crippen LogP contribution in [0.2, 0.25) is 0 Å². The molecule has 1 aliphatic heterocycles. The molecule has 2 N–H and O–H groups in total. The highest BCUT2D eigenvalue weighted by atomic mass is 32.2. The molecular formula is C12H21N3O3S. The van der Waals surface area contributed by atoms with Gasteiger partial charge in [-0.05, 0) is 25.2 Å². The van der Waals surface area contributed by atoms with Crippen molar-refractivity contribution < 1.29 is 13.5 Å². The van der Waals surface area contributed by atoms with E-state index < -0.39 is 10.0 Å². The maximum absolute atomic E-state index is 12.5. The fourth-order valence-electron chi connectivity index (χ4n) is 2.55. The number of hydrogen-bond donors (Lipinski definition) is 2. The molecule has 1 unspecified atom stereocenters. The van der Waals surface area contributed by atoms with Gasteiger partial charge >= 0.3 is 0 Å². The molecule has 1 aliphatic rings. The predicted molar refractivity (Wildman–Crippen MR) is 70.9 cm³/mol. The molecule has 1 saturated heterocycles. The first-order valence-electron chi connectivity index (χ1n) is 6.72. The standard InChI is InChI=1S/C12H21N3O3S/c1-2-10-4-3-6-15(7-5-10)19(17,18)12-11(9-16)8-13-14-12/h8,10,16H,2-7,9H2,1H3,(H,13,14). The lowest BCUT2D eigenvalue weighted by molar-refractivity contribution is 0.278. The van der Waals surface area contributed by atoms with Gasteiger partial charge in [0.05, 0.1) is 12.8 Å². The zero-order valence-corrected chi connectivity index (χ0v) is 12.0. The van der Waals surface area contributed by atoms with Crippen LogP contribution in [-0.2, 0) is 16.6 Å². The third kappa shape index (κ3) is 2.98. The van der Waals surface area contributed by atoms with Crippen molar-refractivity contribution >= 4 is 10.0 Å². The predicted octanol–water partition coefficient (Wildman–Crippen LogP) is 1.10. The number of aliphatic hydroxyl groups is 1. The second-order valence-corrected chi connectivity index (χ2v) is 6.87. The van der Waals surface area contributed by atoms with Crippen molar-refractivity contribution in [3.63, 3.8) is 0 Å². The zero-order valence-electron chi connectivity index (χ0n) is 11.2. The Morgan fingerprint density at radius 1 is 1.47 bits per heavy atom. The third-order valence-corrected chi connectivity index (χ3v) is 5.74. The Balaban J connectivity index is 2.20. The van der Waals surface area contributed by atoms with E-state index >= 15 is 0 Å². The lowest BCUT2D eigenvalue weighted by atomic mass is 9.98. The summed E-state index contributed by atoms with van der Waals surface area (Å²) in [6, 6.07) is 0. The van der Waals surface area contributed by atoms with Gasteiger partial charge in [0.2, 0.25) is 0 Å². The van der Waals surface area contributed by atoms with Gasteiger partial charge in [0.15, 0.2) is 5.03 Å². The van der Waals surface area contributed by atoms with E-state index in [0.717, 1.165) is 25.7 Å². The third-order valence-electron chi connectivity index (χ3n) is 3.83. The first kappa shape index (κ1) is 14.5. The number of nitrogens with one attached hydrogen (secondary N) is 1. The minimum Gasteiger partial charge on any atom is -0.392 e. The number of aliphatic hydroxyl groups excluding tert-OH is 1. The van der Waals surface area contributed by atoms with Crippen LogP contribution in [0, 0.1) is 5.92 Å². The van der Waals surface area contributed by atoms with Crippen LogP contribution in [0.25, 0.3) is 0 Å². The fourth-order valence-corrected chi connectivity index (χ4v) is 4.14. The van der Waals surface area contributed by atoms with E-state index in [9.17, 15) is 8.42 Å². The molecule has 0 amide bonds. The summed E-state index contributed by atoms with van der Waals surface area (Å²) in [4.78, 5) is 0. The Morgan fingerprint density at radius 3 is 2.95 bits per heavy atom. The Labute approximate surface area is 113 Å². The average molecular weight is 287 g/mol. The van der Waals surface area contributed by atoms with Crippen LogP contribution in [0.3, 0.4) is 0 Å². The molecule has 2 rings (SSSR count). The summed E-state index contributed by atoms with van der Waals surface area (Å²) in [5.74, 6) is 0.610. The summed E-state index contributed by atoms with van der Waals surface area (Å²) >= 11 is 0. The quantitative estimate of drug-likeness (QED) is 0.868. The molecule has 1 atom stereocenters. The van der Waals surface area contributed by atoms with Gasteiger partial charge in [-0.3, -0.25) is 5.10 Å². The molecule has 1 aromatic rings. The molecule has 0 bridgehead atoms. The second kappa shape index (κ2) is 6.02. The first-order chi connectivity index (χ1) is 9.09. The van der Waals surface area contributed by atoms with Crippen molar-refractivity contribution in [1.29, 1.82) is 0 Å². The van der Waals surface area contributed by atoms with E-state index in [4.69, 9.17) is 5.11 Å². The molecule has 1 aromatic heterocycles.